The molecule has 5 nitrogen and oxygen atoms in total. The summed E-state index contributed by atoms with van der Waals surface area (Å²) in [6.07, 6.45) is 1.60. The number of carbonyl (C=O) groups is 2. The lowest BCUT2D eigenvalue weighted by Gasteiger charge is -2.07. The zero-order valence-corrected chi connectivity index (χ0v) is 14.4. The van der Waals surface area contributed by atoms with Crippen LogP contribution in [0.1, 0.15) is 12.0 Å². The molecule has 0 unspecified atom stereocenters. The zero-order valence-electron chi connectivity index (χ0n) is 13.5. The first-order chi connectivity index (χ1) is 12.1. The lowest BCUT2D eigenvalue weighted by atomic mass is 10.1. The first-order valence-corrected chi connectivity index (χ1v) is 8.36. The van der Waals surface area contributed by atoms with Crippen LogP contribution >= 0.6 is 12.6 Å². The van der Waals surface area contributed by atoms with E-state index in [1.54, 1.807) is 6.08 Å². The summed E-state index contributed by atoms with van der Waals surface area (Å²) in [6.45, 7) is 0.0864. The summed E-state index contributed by atoms with van der Waals surface area (Å²) in [5.74, 6) is 0.425. The number of carboxylic acids is 1. The second-order valence-electron chi connectivity index (χ2n) is 5.21. The number of hydrogen-bond acceptors (Lipinski definition) is 4. The molecular weight excluding hydrogens is 338 g/mol. The fourth-order valence-corrected chi connectivity index (χ4v) is 2.27. The Morgan fingerprint density at radius 3 is 2.28 bits per heavy atom. The first-order valence-electron chi connectivity index (χ1n) is 7.73. The van der Waals surface area contributed by atoms with Gasteiger partial charge in [0.1, 0.15) is 11.5 Å². The maximum atomic E-state index is 12.0. The van der Waals surface area contributed by atoms with E-state index in [9.17, 15) is 9.59 Å². The normalized spacial score (nSPS) is 11.0. The average Bonchev–Trinajstić information content (AvgIpc) is 2.61. The van der Waals surface area contributed by atoms with Gasteiger partial charge in [-0.05, 0) is 35.9 Å². The Hall–Kier alpha value is -2.73. The molecule has 0 aliphatic heterocycles. The molecule has 0 saturated heterocycles. The molecule has 0 bridgehead atoms. The maximum Gasteiger partial charge on any atom is 0.305 e. The van der Waals surface area contributed by atoms with Crippen LogP contribution in [0.4, 0.5) is 0 Å². The molecule has 1 amide bonds. The molecular formula is C19H19NO4S. The molecule has 25 heavy (non-hydrogen) atoms. The Balaban J connectivity index is 2.00. The second kappa shape index (κ2) is 9.54. The van der Waals surface area contributed by atoms with Crippen molar-refractivity contribution in [2.75, 3.05) is 12.3 Å². The number of para-hydroxylation sites is 1. The summed E-state index contributed by atoms with van der Waals surface area (Å²) in [5, 5.41) is 11.2. The molecule has 2 aromatic carbocycles. The van der Waals surface area contributed by atoms with Gasteiger partial charge in [-0.2, -0.15) is 12.6 Å². The van der Waals surface area contributed by atoms with Gasteiger partial charge in [0.25, 0.3) is 0 Å². The van der Waals surface area contributed by atoms with Gasteiger partial charge in [-0.15, -0.1) is 0 Å². The molecule has 0 atom stereocenters. The SMILES string of the molecule is O=C(O)CCNC(=O)/C(=C\c1ccc(Oc2ccccc2)cc1)CS. The average molecular weight is 357 g/mol. The number of benzene rings is 2. The van der Waals surface area contributed by atoms with Crippen molar-refractivity contribution in [2.45, 2.75) is 6.42 Å². The van der Waals surface area contributed by atoms with Gasteiger partial charge in [0, 0.05) is 17.9 Å². The van der Waals surface area contributed by atoms with Crippen LogP contribution < -0.4 is 10.1 Å². The molecule has 0 spiro atoms. The minimum atomic E-state index is -0.953. The quantitative estimate of drug-likeness (QED) is 0.500. The van der Waals surface area contributed by atoms with Crippen molar-refractivity contribution in [2.24, 2.45) is 0 Å². The third kappa shape index (κ3) is 6.35. The van der Waals surface area contributed by atoms with Gasteiger partial charge in [-0.25, -0.2) is 0 Å². The molecule has 0 aliphatic rings. The number of ether oxygens (including phenoxy) is 1. The number of amides is 1. The fourth-order valence-electron chi connectivity index (χ4n) is 2.04. The largest absolute Gasteiger partial charge is 0.481 e. The molecule has 130 valence electrons. The molecule has 0 saturated carbocycles. The molecule has 0 fully saturated rings. The number of carboxylic acid groups (broad SMARTS) is 1. The standard InChI is InChI=1S/C19H19NO4S/c21-18(22)10-11-20-19(23)15(13-25)12-14-6-8-17(9-7-14)24-16-4-2-1-3-5-16/h1-9,12,25H,10-11,13H2,(H,20,23)(H,21,22)/b15-12-. The number of aliphatic carboxylic acids is 1. The van der Waals surface area contributed by atoms with E-state index in [1.165, 1.54) is 0 Å². The number of thiol groups is 1. The fraction of sp³-hybridized carbons (Fsp3) is 0.158. The summed E-state index contributed by atoms with van der Waals surface area (Å²) in [5.41, 5.74) is 1.29. The Morgan fingerprint density at radius 1 is 1.04 bits per heavy atom. The molecule has 2 N–H and O–H groups in total. The van der Waals surface area contributed by atoms with E-state index in [0.29, 0.717) is 11.3 Å². The number of rotatable bonds is 8. The van der Waals surface area contributed by atoms with Crippen LogP contribution in [0.5, 0.6) is 11.5 Å². The highest BCUT2D eigenvalue weighted by Gasteiger charge is 2.08. The highest BCUT2D eigenvalue weighted by atomic mass is 32.1. The van der Waals surface area contributed by atoms with E-state index in [-0.39, 0.29) is 24.6 Å². The summed E-state index contributed by atoms with van der Waals surface area (Å²) in [4.78, 5) is 22.5. The number of nitrogens with one attached hydrogen (secondary N) is 1. The minimum Gasteiger partial charge on any atom is -0.481 e. The zero-order chi connectivity index (χ0) is 18.1. The van der Waals surface area contributed by atoms with Crippen LogP contribution in [-0.2, 0) is 9.59 Å². The van der Waals surface area contributed by atoms with E-state index in [1.807, 2.05) is 54.6 Å². The first kappa shape index (κ1) is 18.6. The van der Waals surface area contributed by atoms with E-state index in [2.05, 4.69) is 17.9 Å². The Labute approximate surface area is 151 Å². The van der Waals surface area contributed by atoms with Crippen LogP contribution in [0.15, 0.2) is 60.2 Å². The molecule has 0 radical (unpaired) electrons. The Morgan fingerprint density at radius 2 is 1.68 bits per heavy atom. The van der Waals surface area contributed by atoms with Crippen LogP contribution in [-0.4, -0.2) is 29.3 Å². The van der Waals surface area contributed by atoms with Gasteiger partial charge >= 0.3 is 5.97 Å². The lowest BCUT2D eigenvalue weighted by molar-refractivity contribution is -0.136. The van der Waals surface area contributed by atoms with Crippen molar-refractivity contribution in [3.8, 4) is 11.5 Å². The summed E-state index contributed by atoms with van der Waals surface area (Å²) in [6, 6.07) is 16.8. The lowest BCUT2D eigenvalue weighted by Crippen LogP contribution is -2.27. The van der Waals surface area contributed by atoms with Crippen molar-refractivity contribution in [3.05, 3.63) is 65.7 Å². The smallest absolute Gasteiger partial charge is 0.305 e. The molecule has 2 rings (SSSR count). The Kier molecular flexibility index (Phi) is 7.10. The van der Waals surface area contributed by atoms with E-state index in [0.717, 1.165) is 11.3 Å². The molecule has 2 aromatic rings. The monoisotopic (exact) mass is 357 g/mol. The number of carbonyl (C=O) groups excluding carboxylic acids is 1. The predicted octanol–water partition coefficient (Wildman–Crippen LogP) is 3.38. The third-order valence-corrected chi connectivity index (χ3v) is 3.63. The highest BCUT2D eigenvalue weighted by Crippen LogP contribution is 2.22. The van der Waals surface area contributed by atoms with Gasteiger partial charge in [0.15, 0.2) is 0 Å². The van der Waals surface area contributed by atoms with Gasteiger partial charge in [0.05, 0.1) is 6.42 Å². The van der Waals surface area contributed by atoms with E-state index in [4.69, 9.17) is 9.84 Å². The number of hydrogen-bond donors (Lipinski definition) is 3. The maximum absolute atomic E-state index is 12.0. The van der Waals surface area contributed by atoms with Crippen LogP contribution in [0.2, 0.25) is 0 Å². The topological polar surface area (TPSA) is 75.6 Å². The summed E-state index contributed by atoms with van der Waals surface area (Å²) >= 11 is 4.16. The van der Waals surface area contributed by atoms with Gasteiger partial charge < -0.3 is 15.2 Å². The molecule has 0 aromatic heterocycles. The van der Waals surface area contributed by atoms with Crippen LogP contribution in [0.25, 0.3) is 6.08 Å². The minimum absolute atomic E-state index is 0.0864. The highest BCUT2D eigenvalue weighted by molar-refractivity contribution is 7.80. The van der Waals surface area contributed by atoms with Crippen molar-refractivity contribution in [3.63, 3.8) is 0 Å². The second-order valence-corrected chi connectivity index (χ2v) is 5.53. The third-order valence-electron chi connectivity index (χ3n) is 3.29. The van der Waals surface area contributed by atoms with Gasteiger partial charge in [-0.3, -0.25) is 9.59 Å². The summed E-state index contributed by atoms with van der Waals surface area (Å²) in [7, 11) is 0. The molecule has 0 aliphatic carbocycles. The van der Waals surface area contributed by atoms with Crippen LogP contribution in [0.3, 0.4) is 0 Å². The predicted molar refractivity (Wildman–Crippen MR) is 100 cm³/mol. The van der Waals surface area contributed by atoms with Crippen molar-refractivity contribution in [1.29, 1.82) is 0 Å². The van der Waals surface area contributed by atoms with Gasteiger partial charge in [-0.1, -0.05) is 30.3 Å². The molecule has 6 heteroatoms. The van der Waals surface area contributed by atoms with Crippen molar-refractivity contribution in [1.82, 2.24) is 5.32 Å². The van der Waals surface area contributed by atoms with Crippen molar-refractivity contribution >= 4 is 30.6 Å². The van der Waals surface area contributed by atoms with E-state index >= 15 is 0 Å². The van der Waals surface area contributed by atoms with E-state index < -0.39 is 5.97 Å². The van der Waals surface area contributed by atoms with Gasteiger partial charge in [0.2, 0.25) is 5.91 Å². The Bertz CT molecular complexity index is 742. The van der Waals surface area contributed by atoms with Crippen LogP contribution in [0, 0.1) is 0 Å². The summed E-state index contributed by atoms with van der Waals surface area (Å²) < 4.78 is 5.72. The van der Waals surface area contributed by atoms with Crippen molar-refractivity contribution < 1.29 is 19.4 Å². The molecule has 0 heterocycles.